The van der Waals surface area contributed by atoms with Crippen molar-refractivity contribution >= 4 is 5.78 Å². The molecule has 2 rings (SSSR count). The second kappa shape index (κ2) is 5.05. The zero-order valence-electron chi connectivity index (χ0n) is 9.69. The molecule has 2 N–H and O–H groups in total. The van der Waals surface area contributed by atoms with E-state index in [-0.39, 0.29) is 12.2 Å². The van der Waals surface area contributed by atoms with Crippen LogP contribution in [0.4, 0.5) is 0 Å². The van der Waals surface area contributed by atoms with E-state index in [4.69, 9.17) is 19.9 Å². The van der Waals surface area contributed by atoms with Crippen LogP contribution in [0.1, 0.15) is 16.8 Å². The van der Waals surface area contributed by atoms with Gasteiger partial charge < -0.3 is 19.9 Å². The van der Waals surface area contributed by atoms with Gasteiger partial charge in [-0.15, -0.1) is 0 Å². The van der Waals surface area contributed by atoms with Crippen LogP contribution in [0.15, 0.2) is 12.1 Å². The summed E-state index contributed by atoms with van der Waals surface area (Å²) < 4.78 is 16.1. The normalized spacial score (nSPS) is 13.3. The van der Waals surface area contributed by atoms with Crippen LogP contribution in [0, 0.1) is 0 Å². The molecule has 1 aromatic carbocycles. The molecule has 17 heavy (non-hydrogen) atoms. The lowest BCUT2D eigenvalue weighted by Gasteiger charge is -2.21. The van der Waals surface area contributed by atoms with Crippen molar-refractivity contribution in [3.63, 3.8) is 0 Å². The first-order valence-corrected chi connectivity index (χ1v) is 5.47. The van der Waals surface area contributed by atoms with E-state index in [0.717, 1.165) is 0 Å². The number of methoxy groups -OCH3 is 1. The second-order valence-corrected chi connectivity index (χ2v) is 3.63. The number of Topliss-reactive ketones (excluding diaryl/α,β-unsaturated/α-hetero) is 1. The van der Waals surface area contributed by atoms with Crippen LogP contribution >= 0.6 is 0 Å². The summed E-state index contributed by atoms with van der Waals surface area (Å²) in [5.41, 5.74) is 5.87. The van der Waals surface area contributed by atoms with Crippen molar-refractivity contribution in [2.45, 2.75) is 6.42 Å². The molecule has 0 fully saturated rings. The topological polar surface area (TPSA) is 70.8 Å². The van der Waals surface area contributed by atoms with Gasteiger partial charge in [0.25, 0.3) is 0 Å². The van der Waals surface area contributed by atoms with Crippen molar-refractivity contribution < 1.29 is 19.0 Å². The predicted octanol–water partition coefficient (Wildman–Crippen LogP) is 0.998. The SMILES string of the molecule is COc1c(C(=O)CCN)ccc2c1OCCO2. The lowest BCUT2D eigenvalue weighted by atomic mass is 10.1. The largest absolute Gasteiger partial charge is 0.492 e. The maximum absolute atomic E-state index is 11.9. The number of ether oxygens (including phenoxy) is 3. The van der Waals surface area contributed by atoms with E-state index < -0.39 is 0 Å². The molecule has 0 bridgehead atoms. The van der Waals surface area contributed by atoms with Crippen molar-refractivity contribution in [1.82, 2.24) is 0 Å². The standard InChI is InChI=1S/C12H15NO4/c1-15-11-8(9(14)4-5-13)2-3-10-12(11)17-7-6-16-10/h2-3H,4-7,13H2,1H3. The first kappa shape index (κ1) is 11.7. The molecule has 0 spiro atoms. The maximum Gasteiger partial charge on any atom is 0.204 e. The van der Waals surface area contributed by atoms with E-state index in [1.54, 1.807) is 12.1 Å². The van der Waals surface area contributed by atoms with Gasteiger partial charge in [-0.3, -0.25) is 4.79 Å². The fraction of sp³-hybridized carbons (Fsp3) is 0.417. The lowest BCUT2D eigenvalue weighted by molar-refractivity contribution is 0.0980. The summed E-state index contributed by atoms with van der Waals surface area (Å²) in [6, 6.07) is 3.41. The van der Waals surface area contributed by atoms with Gasteiger partial charge in [0.05, 0.1) is 12.7 Å². The van der Waals surface area contributed by atoms with Crippen molar-refractivity contribution in [3.8, 4) is 17.2 Å². The first-order valence-electron chi connectivity index (χ1n) is 5.47. The Hall–Kier alpha value is -1.75. The van der Waals surface area contributed by atoms with E-state index >= 15 is 0 Å². The van der Waals surface area contributed by atoms with Gasteiger partial charge >= 0.3 is 0 Å². The third-order valence-electron chi connectivity index (χ3n) is 2.54. The molecule has 0 aromatic heterocycles. The molecule has 1 heterocycles. The molecule has 5 heteroatoms. The van der Waals surface area contributed by atoms with E-state index in [1.165, 1.54) is 7.11 Å². The summed E-state index contributed by atoms with van der Waals surface area (Å²) in [6.45, 7) is 1.28. The molecule has 0 unspecified atom stereocenters. The summed E-state index contributed by atoms with van der Waals surface area (Å²) in [5.74, 6) is 1.49. The molecule has 0 saturated heterocycles. The van der Waals surface area contributed by atoms with Crippen LogP contribution in [0.5, 0.6) is 17.2 Å². The van der Waals surface area contributed by atoms with Crippen molar-refractivity contribution in [3.05, 3.63) is 17.7 Å². The molecule has 1 aliphatic rings. The maximum atomic E-state index is 11.9. The van der Waals surface area contributed by atoms with Crippen molar-refractivity contribution in [1.29, 1.82) is 0 Å². The molecule has 0 saturated carbocycles. The average molecular weight is 237 g/mol. The predicted molar refractivity (Wildman–Crippen MR) is 62.0 cm³/mol. The van der Waals surface area contributed by atoms with Gasteiger partial charge in [-0.05, 0) is 18.7 Å². The number of rotatable bonds is 4. The molecule has 1 aliphatic heterocycles. The third-order valence-corrected chi connectivity index (χ3v) is 2.54. The van der Waals surface area contributed by atoms with E-state index in [1.807, 2.05) is 0 Å². The number of carbonyl (C=O) groups excluding carboxylic acids is 1. The number of hydrogen-bond acceptors (Lipinski definition) is 5. The molecule has 92 valence electrons. The van der Waals surface area contributed by atoms with Crippen LogP contribution < -0.4 is 19.9 Å². The Bertz CT molecular complexity index is 431. The van der Waals surface area contributed by atoms with Gasteiger partial charge in [-0.25, -0.2) is 0 Å². The number of benzene rings is 1. The monoisotopic (exact) mass is 237 g/mol. The number of hydrogen-bond donors (Lipinski definition) is 1. The molecule has 1 aromatic rings. The minimum Gasteiger partial charge on any atom is -0.492 e. The Balaban J connectivity index is 2.43. The first-order chi connectivity index (χ1) is 8.27. The van der Waals surface area contributed by atoms with Crippen LogP contribution in [0.3, 0.4) is 0 Å². The number of fused-ring (bicyclic) bond motifs is 1. The van der Waals surface area contributed by atoms with Crippen molar-refractivity contribution in [2.75, 3.05) is 26.9 Å². The van der Waals surface area contributed by atoms with Gasteiger partial charge in [0.1, 0.15) is 13.2 Å². The van der Waals surface area contributed by atoms with E-state index in [9.17, 15) is 4.79 Å². The summed E-state index contributed by atoms with van der Waals surface area (Å²) in [5, 5.41) is 0. The Labute approximate surface area is 99.5 Å². The van der Waals surface area contributed by atoms with Gasteiger partial charge in [0, 0.05) is 6.42 Å². The fourth-order valence-electron chi connectivity index (χ4n) is 1.78. The highest BCUT2D eigenvalue weighted by molar-refractivity contribution is 6.00. The Morgan fingerprint density at radius 1 is 1.41 bits per heavy atom. The number of ketones is 1. The molecular formula is C12H15NO4. The molecule has 0 aliphatic carbocycles. The highest BCUT2D eigenvalue weighted by Gasteiger charge is 2.22. The second-order valence-electron chi connectivity index (χ2n) is 3.63. The highest BCUT2D eigenvalue weighted by atomic mass is 16.6. The summed E-state index contributed by atoms with van der Waals surface area (Å²) in [6.07, 6.45) is 0.288. The zero-order chi connectivity index (χ0) is 12.3. The van der Waals surface area contributed by atoms with Crippen LogP contribution in [0.2, 0.25) is 0 Å². The number of carbonyl (C=O) groups is 1. The minimum absolute atomic E-state index is 0.0543. The third kappa shape index (κ3) is 2.19. The molecular weight excluding hydrogens is 222 g/mol. The van der Waals surface area contributed by atoms with Gasteiger partial charge in [0.2, 0.25) is 5.75 Å². The average Bonchev–Trinajstić information content (AvgIpc) is 2.37. The Morgan fingerprint density at radius 2 is 2.18 bits per heavy atom. The Kier molecular flexibility index (Phi) is 3.49. The smallest absolute Gasteiger partial charge is 0.204 e. The van der Waals surface area contributed by atoms with Crippen LogP contribution in [-0.4, -0.2) is 32.7 Å². The zero-order valence-corrected chi connectivity index (χ0v) is 9.69. The Morgan fingerprint density at radius 3 is 2.88 bits per heavy atom. The quantitative estimate of drug-likeness (QED) is 0.791. The van der Waals surface area contributed by atoms with Crippen LogP contribution in [0.25, 0.3) is 0 Å². The minimum atomic E-state index is -0.0543. The lowest BCUT2D eigenvalue weighted by Crippen LogP contribution is -2.17. The molecule has 5 nitrogen and oxygen atoms in total. The van der Waals surface area contributed by atoms with Crippen molar-refractivity contribution in [2.24, 2.45) is 5.73 Å². The van der Waals surface area contributed by atoms with Crippen LogP contribution in [-0.2, 0) is 0 Å². The molecule has 0 atom stereocenters. The van der Waals surface area contributed by atoms with E-state index in [2.05, 4.69) is 0 Å². The molecule has 0 radical (unpaired) electrons. The summed E-state index contributed by atoms with van der Waals surface area (Å²) in [7, 11) is 1.51. The van der Waals surface area contributed by atoms with Gasteiger partial charge in [0.15, 0.2) is 17.3 Å². The fourth-order valence-corrected chi connectivity index (χ4v) is 1.78. The van der Waals surface area contributed by atoms with E-state index in [0.29, 0.717) is 42.6 Å². The number of nitrogens with two attached hydrogens (primary N) is 1. The van der Waals surface area contributed by atoms with Gasteiger partial charge in [-0.2, -0.15) is 0 Å². The molecule has 0 amide bonds. The summed E-state index contributed by atoms with van der Waals surface area (Å²) in [4.78, 5) is 11.9. The summed E-state index contributed by atoms with van der Waals surface area (Å²) >= 11 is 0. The highest BCUT2D eigenvalue weighted by Crippen LogP contribution is 2.41. The van der Waals surface area contributed by atoms with Gasteiger partial charge in [-0.1, -0.05) is 0 Å².